The zero-order valence-corrected chi connectivity index (χ0v) is 31.1. The molecule has 3 N–H and O–H groups in total. The van der Waals surface area contributed by atoms with Crippen molar-refractivity contribution < 1.29 is 52.7 Å². The van der Waals surface area contributed by atoms with Gasteiger partial charge in [0, 0.05) is 18.1 Å². The molecule has 1 aliphatic rings. The summed E-state index contributed by atoms with van der Waals surface area (Å²) >= 11 is 1.10. The van der Waals surface area contributed by atoms with Gasteiger partial charge in [0.1, 0.15) is 31.4 Å². The third-order valence-electron chi connectivity index (χ3n) is 7.95. The topological polar surface area (TPSA) is 226 Å². The molecule has 5 rings (SSSR count). The number of ether oxygens (including phenoxy) is 6. The van der Waals surface area contributed by atoms with E-state index >= 15 is 0 Å². The maximum Gasteiger partial charge on any atom is 0.339 e. The maximum atomic E-state index is 13.2. The number of aliphatic hydroxyl groups excluding tert-OH is 1. The van der Waals surface area contributed by atoms with Crippen LogP contribution in [0.1, 0.15) is 61.6 Å². The van der Waals surface area contributed by atoms with Crippen LogP contribution in [0.3, 0.4) is 0 Å². The average Bonchev–Trinajstić information content (AvgIpc) is 3.70. The summed E-state index contributed by atoms with van der Waals surface area (Å²) in [6.07, 6.45) is -1.79. The van der Waals surface area contributed by atoms with Crippen LogP contribution in [0, 0.1) is 11.8 Å². The molecule has 1 saturated heterocycles. The number of rotatable bonds is 16. The van der Waals surface area contributed by atoms with Gasteiger partial charge >= 0.3 is 23.9 Å². The Hall–Kier alpha value is -5.33. The summed E-state index contributed by atoms with van der Waals surface area (Å²) in [5, 5.41) is 11.2. The van der Waals surface area contributed by atoms with E-state index in [4.69, 9.17) is 34.2 Å². The van der Waals surface area contributed by atoms with Crippen molar-refractivity contribution in [3.8, 4) is 5.75 Å². The van der Waals surface area contributed by atoms with E-state index in [1.807, 2.05) is 0 Å². The SMILES string of the molecule is CCOC(=O)c1ccc(OCC(O)CSc2nc3c(N)ncnc3n2[C@@H]2O[C@H](COC(=O)c3cccnc3)[C@@H](OC(=O)C(C)C)[C@H]2OC(=O)C(C)C)cc1. The van der Waals surface area contributed by atoms with Crippen molar-refractivity contribution in [2.45, 2.75) is 70.4 Å². The number of fused-ring (bicyclic) bond motifs is 1. The molecule has 288 valence electrons. The number of hydrogen-bond acceptors (Lipinski definition) is 17. The van der Waals surface area contributed by atoms with E-state index in [-0.39, 0.29) is 53.3 Å². The number of pyridine rings is 1. The van der Waals surface area contributed by atoms with E-state index in [1.54, 1.807) is 65.0 Å². The quantitative estimate of drug-likeness (QED) is 0.0946. The molecule has 0 amide bonds. The lowest BCUT2D eigenvalue weighted by atomic mass is 10.1. The van der Waals surface area contributed by atoms with Crippen molar-refractivity contribution in [3.63, 3.8) is 0 Å². The number of carbonyl (C=O) groups is 4. The molecule has 54 heavy (non-hydrogen) atoms. The molecule has 0 spiro atoms. The fraction of sp³-hybridized carbons (Fsp3) is 0.444. The Balaban J connectivity index is 1.43. The van der Waals surface area contributed by atoms with Gasteiger partial charge in [0.05, 0.1) is 35.7 Å². The van der Waals surface area contributed by atoms with Crippen molar-refractivity contribution in [2.24, 2.45) is 11.8 Å². The van der Waals surface area contributed by atoms with E-state index in [0.29, 0.717) is 11.3 Å². The van der Waals surface area contributed by atoms with Crippen molar-refractivity contribution in [1.82, 2.24) is 24.5 Å². The Kier molecular flexibility index (Phi) is 13.4. The first kappa shape index (κ1) is 39.9. The molecule has 4 aromatic rings. The highest BCUT2D eigenvalue weighted by Gasteiger charge is 2.52. The Morgan fingerprint density at radius 2 is 1.63 bits per heavy atom. The molecule has 0 bridgehead atoms. The number of carbonyl (C=O) groups excluding carboxylic acids is 4. The van der Waals surface area contributed by atoms with Gasteiger partial charge in [-0.15, -0.1) is 0 Å². The van der Waals surface area contributed by atoms with Gasteiger partial charge in [0.15, 0.2) is 40.6 Å². The highest BCUT2D eigenvalue weighted by molar-refractivity contribution is 7.99. The fourth-order valence-corrected chi connectivity index (χ4v) is 6.06. The van der Waals surface area contributed by atoms with Gasteiger partial charge in [-0.2, -0.15) is 0 Å². The molecule has 1 fully saturated rings. The van der Waals surface area contributed by atoms with Crippen molar-refractivity contribution in [1.29, 1.82) is 0 Å². The lowest BCUT2D eigenvalue weighted by molar-refractivity contribution is -0.172. The number of anilines is 1. The minimum atomic E-state index is -1.27. The number of esters is 4. The van der Waals surface area contributed by atoms with E-state index in [9.17, 15) is 24.3 Å². The van der Waals surface area contributed by atoms with E-state index < -0.39 is 66.4 Å². The van der Waals surface area contributed by atoms with Gasteiger partial charge < -0.3 is 39.3 Å². The predicted octanol–water partition coefficient (Wildman–Crippen LogP) is 3.40. The van der Waals surface area contributed by atoms with Crippen LogP contribution in [0.2, 0.25) is 0 Å². The number of nitrogens with two attached hydrogens (primary N) is 1. The first-order valence-electron chi connectivity index (χ1n) is 17.2. The Labute approximate surface area is 314 Å². The van der Waals surface area contributed by atoms with E-state index in [2.05, 4.69) is 19.9 Å². The van der Waals surface area contributed by atoms with Crippen LogP contribution in [0.25, 0.3) is 11.2 Å². The molecule has 0 saturated carbocycles. The number of imidazole rings is 1. The number of nitrogens with zero attached hydrogens (tertiary/aromatic N) is 5. The molecule has 17 nitrogen and oxygen atoms in total. The van der Waals surface area contributed by atoms with Gasteiger partial charge in [-0.3, -0.25) is 19.1 Å². The molecule has 3 aromatic heterocycles. The number of nitrogen functional groups attached to an aromatic ring is 1. The standard InChI is InChI=1S/C36H42N6O11S/c1-6-48-34(46)21-9-11-24(12-10-21)49-15-23(43)17-54-36-41-26-29(37)39-18-40-30(26)42(36)31-28(53-33(45)20(4)5)27(52-32(44)19(2)3)25(51-31)16-50-35(47)22-8-7-13-38-14-22/h7-14,18-20,23,25,27-28,31,43H,6,15-17H2,1-5H3,(H2,37,39,40)/t23?,25-,27-,28-,31-/m1/s1. The second kappa shape index (κ2) is 18.1. The summed E-state index contributed by atoms with van der Waals surface area (Å²) in [7, 11) is 0. The Bertz CT molecular complexity index is 1930. The number of benzene rings is 1. The summed E-state index contributed by atoms with van der Waals surface area (Å²) in [5.41, 5.74) is 7.16. The van der Waals surface area contributed by atoms with Gasteiger partial charge in [0.2, 0.25) is 0 Å². The molecule has 1 aliphatic heterocycles. The Morgan fingerprint density at radius 1 is 0.944 bits per heavy atom. The highest BCUT2D eigenvalue weighted by atomic mass is 32.2. The van der Waals surface area contributed by atoms with E-state index in [0.717, 1.165) is 11.8 Å². The van der Waals surface area contributed by atoms with Gasteiger partial charge in [-0.05, 0) is 43.3 Å². The summed E-state index contributed by atoms with van der Waals surface area (Å²) < 4.78 is 36.2. The smallest absolute Gasteiger partial charge is 0.339 e. The predicted molar refractivity (Wildman–Crippen MR) is 192 cm³/mol. The van der Waals surface area contributed by atoms with Crippen molar-refractivity contribution in [2.75, 3.05) is 31.3 Å². The molecule has 18 heteroatoms. The first-order chi connectivity index (χ1) is 25.9. The van der Waals surface area contributed by atoms with Gasteiger partial charge in [-0.25, -0.2) is 24.5 Å². The molecular weight excluding hydrogens is 724 g/mol. The highest BCUT2D eigenvalue weighted by Crippen LogP contribution is 2.40. The van der Waals surface area contributed by atoms with Gasteiger partial charge in [-0.1, -0.05) is 39.5 Å². The zero-order chi connectivity index (χ0) is 38.9. The summed E-state index contributed by atoms with van der Waals surface area (Å²) in [4.78, 5) is 68.1. The molecule has 1 aromatic carbocycles. The van der Waals surface area contributed by atoms with Crippen LogP contribution in [0.15, 0.2) is 60.3 Å². The molecule has 5 atom stereocenters. The molecule has 4 heterocycles. The lowest BCUT2D eigenvalue weighted by Gasteiger charge is -2.26. The third-order valence-corrected chi connectivity index (χ3v) is 9.05. The van der Waals surface area contributed by atoms with Crippen LogP contribution in [-0.2, 0) is 33.3 Å². The van der Waals surface area contributed by atoms with Crippen LogP contribution >= 0.6 is 11.8 Å². The summed E-state index contributed by atoms with van der Waals surface area (Å²) in [5.74, 6) is -2.97. The van der Waals surface area contributed by atoms with Crippen LogP contribution < -0.4 is 10.5 Å². The monoisotopic (exact) mass is 766 g/mol. The van der Waals surface area contributed by atoms with Gasteiger partial charge in [0.25, 0.3) is 0 Å². The maximum absolute atomic E-state index is 13.2. The molecule has 0 aliphatic carbocycles. The van der Waals surface area contributed by atoms with Crippen LogP contribution in [-0.4, -0.2) is 103 Å². The number of aromatic nitrogens is 5. The molecule has 0 radical (unpaired) electrons. The molecule has 1 unspecified atom stereocenters. The first-order valence-corrected chi connectivity index (χ1v) is 18.2. The average molecular weight is 767 g/mol. The summed E-state index contributed by atoms with van der Waals surface area (Å²) in [6, 6.07) is 9.42. The molecular formula is C36H42N6O11S. The second-order valence-electron chi connectivity index (χ2n) is 12.7. The lowest BCUT2D eigenvalue weighted by Crippen LogP contribution is -2.42. The van der Waals surface area contributed by atoms with E-state index in [1.165, 1.54) is 29.4 Å². The van der Waals surface area contributed by atoms with Crippen LogP contribution in [0.4, 0.5) is 5.82 Å². The number of hydrogen-bond donors (Lipinski definition) is 2. The largest absolute Gasteiger partial charge is 0.491 e. The normalized spacial score (nSPS) is 18.7. The number of thioether (sulfide) groups is 1. The minimum Gasteiger partial charge on any atom is -0.491 e. The third kappa shape index (κ3) is 9.61. The number of aliphatic hydroxyl groups is 1. The Morgan fingerprint density at radius 3 is 2.28 bits per heavy atom. The zero-order valence-electron chi connectivity index (χ0n) is 30.3. The second-order valence-corrected chi connectivity index (χ2v) is 13.7. The minimum absolute atomic E-state index is 0.0502. The fourth-order valence-electron chi connectivity index (χ4n) is 5.13. The van der Waals surface area contributed by atoms with Crippen molar-refractivity contribution >= 4 is 52.6 Å². The van der Waals surface area contributed by atoms with Crippen LogP contribution in [0.5, 0.6) is 5.75 Å². The summed E-state index contributed by atoms with van der Waals surface area (Å²) in [6.45, 7) is 8.06. The van der Waals surface area contributed by atoms with Crippen molar-refractivity contribution in [3.05, 3.63) is 66.2 Å².